The Kier molecular flexibility index (Phi) is 6.02. The summed E-state index contributed by atoms with van der Waals surface area (Å²) in [5.74, 6) is 0.000860. The summed E-state index contributed by atoms with van der Waals surface area (Å²) in [6.07, 6.45) is 0. The molecule has 29 heavy (non-hydrogen) atoms. The molecule has 0 bridgehead atoms. The van der Waals surface area contributed by atoms with Crippen LogP contribution in [0, 0.1) is 12.7 Å². The third-order valence-electron chi connectivity index (χ3n) is 4.71. The average Bonchev–Trinajstić information content (AvgIpc) is 2.69. The lowest BCUT2D eigenvalue weighted by molar-refractivity contribution is 0.102. The molecule has 0 aromatic heterocycles. The number of amides is 1. The molecule has 0 saturated carbocycles. The van der Waals surface area contributed by atoms with E-state index in [0.29, 0.717) is 12.2 Å². The smallest absolute Gasteiger partial charge is 0.255 e. The number of hydrogen-bond donors (Lipinski definition) is 1. The van der Waals surface area contributed by atoms with Gasteiger partial charge in [0.25, 0.3) is 5.91 Å². The molecule has 0 spiro atoms. The summed E-state index contributed by atoms with van der Waals surface area (Å²) in [4.78, 5) is 12.4. The van der Waals surface area contributed by atoms with Gasteiger partial charge in [-0.2, -0.15) is 0 Å². The van der Waals surface area contributed by atoms with E-state index in [-0.39, 0.29) is 17.0 Å². The molecule has 0 radical (unpaired) electrons. The number of rotatable bonds is 5. The number of benzene rings is 3. The Morgan fingerprint density at radius 2 is 1.62 bits per heavy atom. The van der Waals surface area contributed by atoms with E-state index < -0.39 is 5.82 Å². The number of carbonyl (C=O) groups is 1. The first kappa shape index (κ1) is 20.6. The second-order valence-electron chi connectivity index (χ2n) is 8.20. The van der Waals surface area contributed by atoms with E-state index in [9.17, 15) is 9.18 Å². The van der Waals surface area contributed by atoms with E-state index in [1.54, 1.807) is 24.3 Å². The van der Waals surface area contributed by atoms with Gasteiger partial charge in [-0.1, -0.05) is 51.1 Å². The van der Waals surface area contributed by atoms with Crippen LogP contribution in [0.5, 0.6) is 5.75 Å². The van der Waals surface area contributed by atoms with Crippen molar-refractivity contribution in [1.29, 1.82) is 0 Å². The second-order valence-corrected chi connectivity index (χ2v) is 8.20. The van der Waals surface area contributed by atoms with Gasteiger partial charge in [0, 0.05) is 5.56 Å². The molecule has 0 unspecified atom stereocenters. The zero-order valence-corrected chi connectivity index (χ0v) is 17.3. The number of aryl methyl sites for hydroxylation is 1. The maximum Gasteiger partial charge on any atom is 0.255 e. The first-order valence-corrected chi connectivity index (χ1v) is 9.62. The van der Waals surface area contributed by atoms with Crippen molar-refractivity contribution in [2.24, 2.45) is 0 Å². The van der Waals surface area contributed by atoms with Crippen molar-refractivity contribution >= 4 is 11.6 Å². The Bertz CT molecular complexity index is 987. The van der Waals surface area contributed by atoms with Crippen molar-refractivity contribution in [2.75, 3.05) is 5.32 Å². The van der Waals surface area contributed by atoms with Crippen LogP contribution < -0.4 is 10.1 Å². The van der Waals surface area contributed by atoms with E-state index in [1.807, 2.05) is 31.2 Å². The molecule has 0 aliphatic heterocycles. The predicted octanol–water partition coefficient (Wildman–Crippen LogP) is 6.26. The Morgan fingerprint density at radius 1 is 0.966 bits per heavy atom. The van der Waals surface area contributed by atoms with Crippen LogP contribution in [0.1, 0.15) is 47.8 Å². The highest BCUT2D eigenvalue weighted by atomic mass is 19.1. The van der Waals surface area contributed by atoms with Crippen LogP contribution >= 0.6 is 0 Å². The van der Waals surface area contributed by atoms with Crippen molar-refractivity contribution in [3.05, 3.63) is 94.8 Å². The molecule has 0 saturated heterocycles. The summed E-state index contributed by atoms with van der Waals surface area (Å²) in [5, 5.41) is 2.62. The quantitative estimate of drug-likeness (QED) is 0.557. The molecule has 0 aliphatic carbocycles. The Labute approximate surface area is 171 Å². The Hall–Kier alpha value is -3.14. The molecule has 1 N–H and O–H groups in total. The summed E-state index contributed by atoms with van der Waals surface area (Å²) in [7, 11) is 0. The normalized spacial score (nSPS) is 11.2. The molecule has 0 heterocycles. The monoisotopic (exact) mass is 391 g/mol. The van der Waals surface area contributed by atoms with E-state index in [1.165, 1.54) is 11.6 Å². The van der Waals surface area contributed by atoms with Crippen LogP contribution in [0.2, 0.25) is 0 Å². The number of hydrogen-bond acceptors (Lipinski definition) is 2. The lowest BCUT2D eigenvalue weighted by Crippen LogP contribution is -2.13. The molecule has 4 heteroatoms. The van der Waals surface area contributed by atoms with Crippen LogP contribution in [-0.4, -0.2) is 5.91 Å². The lowest BCUT2D eigenvalue weighted by Gasteiger charge is -2.19. The zero-order chi connectivity index (χ0) is 21.0. The van der Waals surface area contributed by atoms with Crippen molar-refractivity contribution in [3.8, 4) is 5.75 Å². The van der Waals surface area contributed by atoms with E-state index in [2.05, 4.69) is 38.2 Å². The minimum Gasteiger partial charge on any atom is -0.489 e. The molecular formula is C25H26FNO2. The van der Waals surface area contributed by atoms with Crippen LogP contribution in [-0.2, 0) is 12.0 Å². The number of anilines is 1. The maximum atomic E-state index is 13.8. The zero-order valence-electron chi connectivity index (χ0n) is 17.3. The van der Waals surface area contributed by atoms with Crippen molar-refractivity contribution in [1.82, 2.24) is 0 Å². The largest absolute Gasteiger partial charge is 0.489 e. The van der Waals surface area contributed by atoms with Gasteiger partial charge < -0.3 is 10.1 Å². The standard InChI is InChI=1S/C25H26FNO2/c1-17-5-14-22(26)23(15-17)27-24(28)19-8-6-18(7-9-19)16-29-21-12-10-20(11-13-21)25(2,3)4/h5-15H,16H2,1-4H3,(H,27,28). The summed E-state index contributed by atoms with van der Waals surface area (Å²) < 4.78 is 19.7. The molecule has 0 fully saturated rings. The predicted molar refractivity (Wildman–Crippen MR) is 115 cm³/mol. The highest BCUT2D eigenvalue weighted by Crippen LogP contribution is 2.24. The highest BCUT2D eigenvalue weighted by molar-refractivity contribution is 6.04. The molecule has 150 valence electrons. The van der Waals surface area contributed by atoms with Gasteiger partial charge in [0.05, 0.1) is 5.69 Å². The molecule has 0 atom stereocenters. The molecule has 1 amide bonds. The number of nitrogens with one attached hydrogen (secondary N) is 1. The number of ether oxygens (including phenoxy) is 1. The van der Waals surface area contributed by atoms with Gasteiger partial charge in [-0.25, -0.2) is 4.39 Å². The van der Waals surface area contributed by atoms with Gasteiger partial charge in [0.15, 0.2) is 0 Å². The highest BCUT2D eigenvalue weighted by Gasteiger charge is 2.13. The topological polar surface area (TPSA) is 38.3 Å². The average molecular weight is 391 g/mol. The van der Waals surface area contributed by atoms with Gasteiger partial charge in [-0.3, -0.25) is 4.79 Å². The van der Waals surface area contributed by atoms with Gasteiger partial charge in [-0.05, 0) is 65.4 Å². The summed E-state index contributed by atoms with van der Waals surface area (Å²) >= 11 is 0. The number of halogens is 1. The Morgan fingerprint density at radius 3 is 2.24 bits per heavy atom. The first-order valence-electron chi connectivity index (χ1n) is 9.62. The Balaban J connectivity index is 1.60. The SMILES string of the molecule is Cc1ccc(F)c(NC(=O)c2ccc(COc3ccc(C(C)(C)C)cc3)cc2)c1. The minimum atomic E-state index is -0.452. The number of carbonyl (C=O) groups excluding carboxylic acids is 1. The van der Waals surface area contributed by atoms with E-state index in [0.717, 1.165) is 16.9 Å². The molecule has 3 nitrogen and oxygen atoms in total. The van der Waals surface area contributed by atoms with Crippen LogP contribution in [0.25, 0.3) is 0 Å². The molecule has 3 rings (SSSR count). The molecule has 3 aromatic rings. The fourth-order valence-corrected chi connectivity index (χ4v) is 2.90. The van der Waals surface area contributed by atoms with Gasteiger partial charge in [-0.15, -0.1) is 0 Å². The second kappa shape index (κ2) is 8.48. The fourth-order valence-electron chi connectivity index (χ4n) is 2.90. The van der Waals surface area contributed by atoms with Crippen LogP contribution in [0.15, 0.2) is 66.7 Å². The lowest BCUT2D eigenvalue weighted by atomic mass is 9.87. The summed E-state index contributed by atoms with van der Waals surface area (Å²) in [6.45, 7) is 8.78. The maximum absolute atomic E-state index is 13.8. The minimum absolute atomic E-state index is 0.107. The fraction of sp³-hybridized carbons (Fsp3) is 0.240. The van der Waals surface area contributed by atoms with Crippen LogP contribution in [0.4, 0.5) is 10.1 Å². The van der Waals surface area contributed by atoms with Crippen molar-refractivity contribution < 1.29 is 13.9 Å². The molecule has 3 aromatic carbocycles. The van der Waals surface area contributed by atoms with Gasteiger partial charge >= 0.3 is 0 Å². The third-order valence-corrected chi connectivity index (χ3v) is 4.71. The third kappa shape index (κ3) is 5.44. The van der Waals surface area contributed by atoms with Gasteiger partial charge in [0.2, 0.25) is 0 Å². The van der Waals surface area contributed by atoms with E-state index >= 15 is 0 Å². The van der Waals surface area contributed by atoms with Crippen LogP contribution in [0.3, 0.4) is 0 Å². The van der Waals surface area contributed by atoms with Crippen molar-refractivity contribution in [2.45, 2.75) is 39.7 Å². The summed E-state index contributed by atoms with van der Waals surface area (Å²) in [6, 6.07) is 19.8. The first-order chi connectivity index (χ1) is 13.7. The van der Waals surface area contributed by atoms with Gasteiger partial charge in [0.1, 0.15) is 18.2 Å². The van der Waals surface area contributed by atoms with E-state index in [4.69, 9.17) is 4.74 Å². The molecule has 0 aliphatic rings. The van der Waals surface area contributed by atoms with Crippen molar-refractivity contribution in [3.63, 3.8) is 0 Å². The molecular weight excluding hydrogens is 365 g/mol. The summed E-state index contributed by atoms with van der Waals surface area (Å²) in [5.41, 5.74) is 3.83.